The molecule has 1 unspecified atom stereocenters. The summed E-state index contributed by atoms with van der Waals surface area (Å²) in [7, 11) is 0. The molecule has 1 aromatic rings. The third-order valence-electron chi connectivity index (χ3n) is 1.61. The van der Waals surface area contributed by atoms with E-state index in [1.165, 1.54) is 0 Å². The Morgan fingerprint density at radius 2 is 1.69 bits per heavy atom. The predicted octanol–water partition coefficient (Wildman–Crippen LogP) is 3.90. The highest BCUT2D eigenvalue weighted by Crippen LogP contribution is 2.30. The van der Waals surface area contributed by atoms with E-state index in [9.17, 15) is 5.11 Å². The third kappa shape index (κ3) is 3.35. The molecule has 0 spiro atoms. The van der Waals surface area contributed by atoms with Gasteiger partial charge in [0.15, 0.2) is 0 Å². The Labute approximate surface area is 103 Å². The molecular formula is C9H9Br3O. The number of aliphatic hydroxyl groups excluding tert-OH is 1. The first-order valence-corrected chi connectivity index (χ1v) is 6.20. The van der Waals surface area contributed by atoms with E-state index in [4.69, 9.17) is 0 Å². The number of hydrogen-bond donors (Lipinski definition) is 1. The molecule has 0 aromatic heterocycles. The quantitative estimate of drug-likeness (QED) is 0.834. The molecule has 0 amide bonds. The van der Waals surface area contributed by atoms with Crippen molar-refractivity contribution in [3.63, 3.8) is 0 Å². The van der Waals surface area contributed by atoms with Gasteiger partial charge < -0.3 is 5.11 Å². The largest absolute Gasteiger partial charge is 0.393 e. The van der Waals surface area contributed by atoms with E-state index in [1.54, 1.807) is 6.92 Å². The molecule has 1 aromatic carbocycles. The van der Waals surface area contributed by atoms with Crippen molar-refractivity contribution in [1.82, 2.24) is 0 Å². The van der Waals surface area contributed by atoms with E-state index in [1.807, 2.05) is 12.1 Å². The molecule has 1 rings (SSSR count). The van der Waals surface area contributed by atoms with Crippen LogP contribution in [0.25, 0.3) is 0 Å². The second-order valence-corrected chi connectivity index (χ2v) is 5.53. The molecule has 0 aliphatic heterocycles. The molecule has 0 radical (unpaired) electrons. The molecule has 1 atom stereocenters. The van der Waals surface area contributed by atoms with Crippen LogP contribution in [0.5, 0.6) is 0 Å². The van der Waals surface area contributed by atoms with E-state index in [0.717, 1.165) is 19.0 Å². The highest BCUT2D eigenvalue weighted by atomic mass is 79.9. The average molecular weight is 373 g/mol. The predicted molar refractivity (Wildman–Crippen MR) is 64.9 cm³/mol. The van der Waals surface area contributed by atoms with Gasteiger partial charge in [0.05, 0.1) is 6.10 Å². The van der Waals surface area contributed by atoms with Crippen LogP contribution in [-0.4, -0.2) is 11.2 Å². The van der Waals surface area contributed by atoms with Crippen LogP contribution in [0.1, 0.15) is 12.5 Å². The lowest BCUT2D eigenvalue weighted by Gasteiger charge is -2.09. The highest BCUT2D eigenvalue weighted by molar-refractivity contribution is 9.11. The van der Waals surface area contributed by atoms with Gasteiger partial charge in [0.1, 0.15) is 0 Å². The molecule has 72 valence electrons. The minimum absolute atomic E-state index is 0.325. The van der Waals surface area contributed by atoms with Crippen molar-refractivity contribution in [3.8, 4) is 0 Å². The van der Waals surface area contributed by atoms with Crippen LogP contribution in [-0.2, 0) is 6.42 Å². The van der Waals surface area contributed by atoms with Gasteiger partial charge in [-0.15, -0.1) is 0 Å². The average Bonchev–Trinajstić information content (AvgIpc) is 1.96. The van der Waals surface area contributed by atoms with E-state index in [-0.39, 0.29) is 6.10 Å². The minimum atomic E-state index is -0.325. The maximum Gasteiger partial charge on any atom is 0.0553 e. The van der Waals surface area contributed by atoms with Crippen LogP contribution in [0.2, 0.25) is 0 Å². The van der Waals surface area contributed by atoms with Gasteiger partial charge >= 0.3 is 0 Å². The van der Waals surface area contributed by atoms with Gasteiger partial charge in [-0.25, -0.2) is 0 Å². The van der Waals surface area contributed by atoms with Crippen LogP contribution >= 0.6 is 47.8 Å². The zero-order valence-electron chi connectivity index (χ0n) is 7.02. The number of halogens is 3. The van der Waals surface area contributed by atoms with Crippen molar-refractivity contribution >= 4 is 47.8 Å². The summed E-state index contributed by atoms with van der Waals surface area (Å²) in [6.07, 6.45) is 0.322. The summed E-state index contributed by atoms with van der Waals surface area (Å²) in [5, 5.41) is 9.27. The highest BCUT2D eigenvalue weighted by Gasteiger charge is 2.08. The fourth-order valence-electron chi connectivity index (χ4n) is 1.06. The monoisotopic (exact) mass is 370 g/mol. The summed E-state index contributed by atoms with van der Waals surface area (Å²) in [6, 6.07) is 3.95. The maximum atomic E-state index is 9.27. The van der Waals surface area contributed by atoms with Gasteiger partial charge in [-0.2, -0.15) is 0 Å². The zero-order valence-corrected chi connectivity index (χ0v) is 11.8. The van der Waals surface area contributed by atoms with Gasteiger partial charge in [-0.05, 0) is 24.6 Å². The molecule has 0 saturated carbocycles. The lowest BCUT2D eigenvalue weighted by atomic mass is 10.1. The smallest absolute Gasteiger partial charge is 0.0553 e. The topological polar surface area (TPSA) is 20.2 Å². The van der Waals surface area contributed by atoms with Gasteiger partial charge in [0.25, 0.3) is 0 Å². The Hall–Kier alpha value is 0.620. The van der Waals surface area contributed by atoms with Crippen molar-refractivity contribution < 1.29 is 5.11 Å². The first-order chi connectivity index (χ1) is 6.00. The molecular weight excluding hydrogens is 364 g/mol. The second kappa shape index (κ2) is 4.91. The maximum absolute atomic E-state index is 9.27. The molecule has 13 heavy (non-hydrogen) atoms. The number of hydrogen-bond acceptors (Lipinski definition) is 1. The van der Waals surface area contributed by atoms with Crippen molar-refractivity contribution in [2.45, 2.75) is 19.4 Å². The lowest BCUT2D eigenvalue weighted by Crippen LogP contribution is -2.05. The number of benzene rings is 1. The molecule has 0 fully saturated rings. The molecule has 0 aliphatic carbocycles. The first-order valence-electron chi connectivity index (χ1n) is 3.82. The normalized spacial score (nSPS) is 13.0. The van der Waals surface area contributed by atoms with E-state index in [0.29, 0.717) is 6.42 Å². The van der Waals surface area contributed by atoms with Crippen molar-refractivity contribution in [2.24, 2.45) is 0 Å². The summed E-state index contributed by atoms with van der Waals surface area (Å²) in [4.78, 5) is 0. The molecule has 0 aliphatic rings. The summed E-state index contributed by atoms with van der Waals surface area (Å²) < 4.78 is 3.03. The second-order valence-electron chi connectivity index (χ2n) is 2.90. The molecule has 0 heterocycles. The lowest BCUT2D eigenvalue weighted by molar-refractivity contribution is 0.195. The van der Waals surface area contributed by atoms with E-state index < -0.39 is 0 Å². The Morgan fingerprint density at radius 3 is 2.08 bits per heavy atom. The third-order valence-corrected chi connectivity index (χ3v) is 3.48. The minimum Gasteiger partial charge on any atom is -0.393 e. The Morgan fingerprint density at radius 1 is 1.23 bits per heavy atom. The van der Waals surface area contributed by atoms with E-state index >= 15 is 0 Å². The molecule has 1 nitrogen and oxygen atoms in total. The number of aliphatic hydroxyl groups is 1. The van der Waals surface area contributed by atoms with Crippen LogP contribution in [0.15, 0.2) is 25.6 Å². The fraction of sp³-hybridized carbons (Fsp3) is 0.333. The molecule has 4 heteroatoms. The van der Waals surface area contributed by atoms with Gasteiger partial charge in [0, 0.05) is 19.8 Å². The van der Waals surface area contributed by atoms with Gasteiger partial charge in [-0.1, -0.05) is 47.8 Å². The van der Waals surface area contributed by atoms with Crippen molar-refractivity contribution in [3.05, 3.63) is 31.1 Å². The number of rotatable bonds is 2. The standard InChI is InChI=1S/C9H9Br3O/c1-5(13)2-7-8(11)3-6(10)4-9(7)12/h3-5,13H,2H2,1H3. The van der Waals surface area contributed by atoms with Crippen LogP contribution in [0.3, 0.4) is 0 Å². The summed E-state index contributed by atoms with van der Waals surface area (Å²) in [5.41, 5.74) is 1.10. The summed E-state index contributed by atoms with van der Waals surface area (Å²) in [5.74, 6) is 0. The van der Waals surface area contributed by atoms with Gasteiger partial charge in [-0.3, -0.25) is 0 Å². The Kier molecular flexibility index (Phi) is 4.42. The first kappa shape index (κ1) is 11.7. The molecule has 0 bridgehead atoms. The van der Waals surface area contributed by atoms with Crippen LogP contribution in [0.4, 0.5) is 0 Å². The van der Waals surface area contributed by atoms with Crippen LogP contribution in [0, 0.1) is 0 Å². The Bertz CT molecular complexity index is 287. The SMILES string of the molecule is CC(O)Cc1c(Br)cc(Br)cc1Br. The molecule has 0 saturated heterocycles. The zero-order chi connectivity index (χ0) is 10.0. The summed E-state index contributed by atoms with van der Waals surface area (Å²) >= 11 is 10.3. The fourth-order valence-corrected chi connectivity index (χ4v) is 3.64. The van der Waals surface area contributed by atoms with Gasteiger partial charge in [0.2, 0.25) is 0 Å². The van der Waals surface area contributed by atoms with Crippen molar-refractivity contribution in [1.29, 1.82) is 0 Å². The van der Waals surface area contributed by atoms with Crippen LogP contribution < -0.4 is 0 Å². The van der Waals surface area contributed by atoms with Crippen molar-refractivity contribution in [2.75, 3.05) is 0 Å². The summed E-state index contributed by atoms with van der Waals surface area (Å²) in [6.45, 7) is 1.78. The molecule has 1 N–H and O–H groups in total. The van der Waals surface area contributed by atoms with E-state index in [2.05, 4.69) is 47.8 Å². The Balaban J connectivity index is 3.06.